The summed E-state index contributed by atoms with van der Waals surface area (Å²) in [5.74, 6) is 1.71. The minimum Gasteiger partial charge on any atom is -0.392 e. The molecule has 0 bridgehead atoms. The first-order valence-corrected chi connectivity index (χ1v) is 6.80. The molecule has 4 heteroatoms. The first-order valence-electron chi connectivity index (χ1n) is 5.76. The van der Waals surface area contributed by atoms with Gasteiger partial charge in [-0.3, -0.25) is 0 Å². The Hall–Kier alpha value is -0.740. The molecule has 0 aliphatic carbocycles. The van der Waals surface area contributed by atoms with Crippen LogP contribution in [0.2, 0.25) is 0 Å². The number of hydrogen-bond donors (Lipinski definition) is 2. The Kier molecular flexibility index (Phi) is 4.07. The van der Waals surface area contributed by atoms with E-state index in [0.29, 0.717) is 17.5 Å². The van der Waals surface area contributed by atoms with Gasteiger partial charge in [0.25, 0.3) is 0 Å². The molecule has 0 amide bonds. The molecule has 2 unspecified atom stereocenters. The summed E-state index contributed by atoms with van der Waals surface area (Å²) in [5, 5.41) is 10.5. The van der Waals surface area contributed by atoms with E-state index in [9.17, 15) is 5.11 Å². The van der Waals surface area contributed by atoms with Crippen LogP contribution in [0, 0.1) is 0 Å². The normalized spacial score (nSPS) is 22.9. The van der Waals surface area contributed by atoms with Gasteiger partial charge in [0, 0.05) is 11.4 Å². The molecule has 0 radical (unpaired) electrons. The van der Waals surface area contributed by atoms with E-state index < -0.39 is 0 Å². The quantitative estimate of drug-likeness (QED) is 0.844. The van der Waals surface area contributed by atoms with E-state index in [1.165, 1.54) is 18.6 Å². The van der Waals surface area contributed by atoms with Gasteiger partial charge in [0.15, 0.2) is 0 Å². The Morgan fingerprint density at radius 3 is 3.12 bits per heavy atom. The fourth-order valence-electron chi connectivity index (χ4n) is 2.06. The van der Waals surface area contributed by atoms with Crippen molar-refractivity contribution >= 4 is 17.6 Å². The van der Waals surface area contributed by atoms with E-state index in [1.54, 1.807) is 6.20 Å². The highest BCUT2D eigenvalue weighted by molar-refractivity contribution is 8.00. The van der Waals surface area contributed by atoms with Gasteiger partial charge in [-0.15, -0.1) is 0 Å². The van der Waals surface area contributed by atoms with Gasteiger partial charge >= 0.3 is 0 Å². The van der Waals surface area contributed by atoms with Gasteiger partial charge in [0.05, 0.1) is 6.10 Å². The summed E-state index contributed by atoms with van der Waals surface area (Å²) in [7, 11) is 0. The third kappa shape index (κ3) is 3.12. The maximum absolute atomic E-state index is 10.1. The van der Waals surface area contributed by atoms with E-state index in [-0.39, 0.29) is 6.10 Å². The number of nitrogen functional groups attached to an aromatic ring is 1. The molecule has 88 valence electrons. The van der Waals surface area contributed by atoms with Crippen molar-refractivity contribution in [1.29, 1.82) is 0 Å². The van der Waals surface area contributed by atoms with Gasteiger partial charge in [-0.05, 0) is 42.7 Å². The van der Waals surface area contributed by atoms with E-state index >= 15 is 0 Å². The molecule has 1 aliphatic heterocycles. The van der Waals surface area contributed by atoms with Crippen molar-refractivity contribution in [2.75, 3.05) is 11.5 Å². The summed E-state index contributed by atoms with van der Waals surface area (Å²) in [5.41, 5.74) is 6.69. The highest BCUT2D eigenvalue weighted by Crippen LogP contribution is 2.28. The summed E-state index contributed by atoms with van der Waals surface area (Å²) in [6, 6.07) is 3.77. The van der Waals surface area contributed by atoms with Crippen molar-refractivity contribution in [2.45, 2.75) is 37.0 Å². The molecular weight excluding hydrogens is 220 g/mol. The summed E-state index contributed by atoms with van der Waals surface area (Å²) in [6.45, 7) is 0. The zero-order valence-corrected chi connectivity index (χ0v) is 10.1. The Bertz CT molecular complexity index is 340. The zero-order chi connectivity index (χ0) is 11.4. The van der Waals surface area contributed by atoms with Crippen LogP contribution in [-0.4, -0.2) is 27.2 Å². The summed E-state index contributed by atoms with van der Waals surface area (Å²) in [4.78, 5) is 3.95. The van der Waals surface area contributed by atoms with Crippen molar-refractivity contribution in [3.63, 3.8) is 0 Å². The van der Waals surface area contributed by atoms with Crippen LogP contribution in [-0.2, 0) is 6.42 Å². The smallest absolute Gasteiger partial charge is 0.123 e. The van der Waals surface area contributed by atoms with Crippen LogP contribution < -0.4 is 5.73 Å². The second-order valence-corrected chi connectivity index (χ2v) is 5.61. The molecule has 1 aromatic heterocycles. The lowest BCUT2D eigenvalue weighted by Gasteiger charge is -2.26. The third-order valence-electron chi connectivity index (χ3n) is 2.93. The molecule has 3 nitrogen and oxygen atoms in total. The van der Waals surface area contributed by atoms with Gasteiger partial charge in [-0.25, -0.2) is 4.98 Å². The average Bonchev–Trinajstić information content (AvgIpc) is 2.30. The van der Waals surface area contributed by atoms with Crippen molar-refractivity contribution < 1.29 is 5.11 Å². The number of rotatable bonds is 3. The molecule has 1 aromatic rings. The molecule has 2 rings (SSSR count). The topological polar surface area (TPSA) is 59.1 Å². The van der Waals surface area contributed by atoms with Crippen LogP contribution in [0.25, 0.3) is 0 Å². The minimum absolute atomic E-state index is 0.257. The van der Waals surface area contributed by atoms with Crippen LogP contribution in [0.1, 0.15) is 24.8 Å². The summed E-state index contributed by atoms with van der Waals surface area (Å²) < 4.78 is 0. The molecule has 1 saturated heterocycles. The number of pyridine rings is 1. The van der Waals surface area contributed by atoms with Crippen molar-refractivity contribution in [1.82, 2.24) is 4.98 Å². The number of aliphatic hydroxyl groups excluding tert-OH is 1. The Morgan fingerprint density at radius 1 is 1.56 bits per heavy atom. The summed E-state index contributed by atoms with van der Waals surface area (Å²) in [6.07, 6.45) is 5.79. The predicted molar refractivity (Wildman–Crippen MR) is 68.5 cm³/mol. The molecule has 3 N–H and O–H groups in total. The molecule has 16 heavy (non-hydrogen) atoms. The van der Waals surface area contributed by atoms with Crippen LogP contribution in [0.4, 0.5) is 5.82 Å². The Labute approximate surface area is 100 Å². The molecule has 0 saturated carbocycles. The second kappa shape index (κ2) is 5.55. The minimum atomic E-state index is -0.257. The number of aromatic nitrogens is 1. The second-order valence-electron chi connectivity index (χ2n) is 4.27. The molecular formula is C12H18N2OS. The monoisotopic (exact) mass is 238 g/mol. The van der Waals surface area contributed by atoms with Gasteiger partial charge in [0.2, 0.25) is 0 Å². The van der Waals surface area contributed by atoms with E-state index in [2.05, 4.69) is 4.98 Å². The molecule has 2 heterocycles. The first kappa shape index (κ1) is 11.7. The van der Waals surface area contributed by atoms with Crippen molar-refractivity contribution in [3.05, 3.63) is 23.9 Å². The lowest BCUT2D eigenvalue weighted by atomic mass is 10.0. The van der Waals surface area contributed by atoms with Gasteiger partial charge in [0.1, 0.15) is 5.82 Å². The van der Waals surface area contributed by atoms with Crippen LogP contribution in [0.3, 0.4) is 0 Å². The highest BCUT2D eigenvalue weighted by Gasteiger charge is 2.22. The molecule has 1 aliphatic rings. The van der Waals surface area contributed by atoms with Crippen LogP contribution in [0.5, 0.6) is 0 Å². The molecule has 0 aromatic carbocycles. The standard InChI is InChI=1S/C12H18N2OS/c13-12-8-9(4-5-14-12)7-10(15)11-3-1-2-6-16-11/h4-5,8,10-11,15H,1-3,6-7H2,(H2,13,14). The van der Waals surface area contributed by atoms with E-state index in [0.717, 1.165) is 12.0 Å². The van der Waals surface area contributed by atoms with Crippen LogP contribution in [0.15, 0.2) is 18.3 Å². The van der Waals surface area contributed by atoms with Gasteiger partial charge < -0.3 is 10.8 Å². The summed E-state index contributed by atoms with van der Waals surface area (Å²) >= 11 is 1.90. The lowest BCUT2D eigenvalue weighted by Crippen LogP contribution is -2.27. The van der Waals surface area contributed by atoms with Crippen molar-refractivity contribution in [3.8, 4) is 0 Å². The number of aliphatic hydroxyl groups is 1. The highest BCUT2D eigenvalue weighted by atomic mass is 32.2. The fourth-order valence-corrected chi connectivity index (χ4v) is 3.39. The number of anilines is 1. The van der Waals surface area contributed by atoms with Gasteiger partial charge in [-0.2, -0.15) is 11.8 Å². The zero-order valence-electron chi connectivity index (χ0n) is 9.30. The van der Waals surface area contributed by atoms with Gasteiger partial charge in [-0.1, -0.05) is 6.42 Å². The predicted octanol–water partition coefficient (Wildman–Crippen LogP) is 1.85. The van der Waals surface area contributed by atoms with Crippen molar-refractivity contribution in [2.24, 2.45) is 0 Å². The maximum atomic E-state index is 10.1. The third-order valence-corrected chi connectivity index (χ3v) is 4.44. The van der Waals surface area contributed by atoms with E-state index in [1.807, 2.05) is 23.9 Å². The molecule has 0 spiro atoms. The Balaban J connectivity index is 1.93. The van der Waals surface area contributed by atoms with Crippen LogP contribution >= 0.6 is 11.8 Å². The average molecular weight is 238 g/mol. The lowest BCUT2D eigenvalue weighted by molar-refractivity contribution is 0.166. The molecule has 2 atom stereocenters. The fraction of sp³-hybridized carbons (Fsp3) is 0.583. The number of hydrogen-bond acceptors (Lipinski definition) is 4. The molecule has 1 fully saturated rings. The largest absolute Gasteiger partial charge is 0.392 e. The SMILES string of the molecule is Nc1cc(CC(O)C2CCCCS2)ccn1. The number of nitrogens with two attached hydrogens (primary N) is 1. The number of thioether (sulfide) groups is 1. The maximum Gasteiger partial charge on any atom is 0.123 e. The van der Waals surface area contributed by atoms with E-state index in [4.69, 9.17) is 5.73 Å². The number of nitrogens with zero attached hydrogens (tertiary/aromatic N) is 1. The Morgan fingerprint density at radius 2 is 2.44 bits per heavy atom. The first-order chi connectivity index (χ1) is 7.75.